The Balaban J connectivity index is 2.11. The summed E-state index contributed by atoms with van der Waals surface area (Å²) in [5, 5.41) is 12.1. The number of aliphatic hydroxyl groups excluding tert-OH is 1. The van der Waals surface area contributed by atoms with Crippen LogP contribution in [-0.2, 0) is 9.53 Å². The SMILES string of the molecule is CC(O)CC(C)NC(=O)CCC1CCCCO1. The Morgan fingerprint density at radius 3 is 2.82 bits per heavy atom. The molecule has 0 saturated carbocycles. The smallest absolute Gasteiger partial charge is 0.220 e. The summed E-state index contributed by atoms with van der Waals surface area (Å²) in [5.41, 5.74) is 0. The van der Waals surface area contributed by atoms with E-state index in [9.17, 15) is 9.90 Å². The van der Waals surface area contributed by atoms with E-state index in [1.165, 1.54) is 6.42 Å². The Morgan fingerprint density at radius 2 is 2.24 bits per heavy atom. The lowest BCUT2D eigenvalue weighted by Crippen LogP contribution is -2.35. The summed E-state index contributed by atoms with van der Waals surface area (Å²) in [6, 6.07) is 0.0368. The highest BCUT2D eigenvalue weighted by Crippen LogP contribution is 2.16. The Labute approximate surface area is 104 Å². The molecule has 0 aliphatic carbocycles. The van der Waals surface area contributed by atoms with Crippen LogP contribution in [0, 0.1) is 0 Å². The number of aliphatic hydroxyl groups is 1. The van der Waals surface area contributed by atoms with Gasteiger partial charge >= 0.3 is 0 Å². The van der Waals surface area contributed by atoms with Crippen molar-refractivity contribution in [2.75, 3.05) is 6.61 Å². The molecule has 4 nitrogen and oxygen atoms in total. The van der Waals surface area contributed by atoms with Crippen LogP contribution in [0.4, 0.5) is 0 Å². The van der Waals surface area contributed by atoms with Crippen LogP contribution in [0.3, 0.4) is 0 Å². The Morgan fingerprint density at radius 1 is 1.47 bits per heavy atom. The molecule has 17 heavy (non-hydrogen) atoms. The van der Waals surface area contributed by atoms with Gasteiger partial charge in [0.15, 0.2) is 0 Å². The van der Waals surface area contributed by atoms with E-state index in [0.29, 0.717) is 12.8 Å². The number of rotatable bonds is 6. The fraction of sp³-hybridized carbons (Fsp3) is 0.923. The van der Waals surface area contributed by atoms with Crippen molar-refractivity contribution in [3.05, 3.63) is 0 Å². The van der Waals surface area contributed by atoms with E-state index in [-0.39, 0.29) is 24.2 Å². The van der Waals surface area contributed by atoms with E-state index >= 15 is 0 Å². The Hall–Kier alpha value is -0.610. The molecule has 100 valence electrons. The van der Waals surface area contributed by atoms with Gasteiger partial charge in [0.1, 0.15) is 0 Å². The highest BCUT2D eigenvalue weighted by atomic mass is 16.5. The topological polar surface area (TPSA) is 58.6 Å². The maximum atomic E-state index is 11.6. The van der Waals surface area contributed by atoms with Gasteiger partial charge in [0, 0.05) is 19.1 Å². The molecule has 0 bridgehead atoms. The number of carbonyl (C=O) groups excluding carboxylic acids is 1. The molecule has 0 aromatic heterocycles. The van der Waals surface area contributed by atoms with Gasteiger partial charge < -0.3 is 15.2 Å². The zero-order chi connectivity index (χ0) is 12.7. The molecule has 2 N–H and O–H groups in total. The van der Waals surface area contributed by atoms with E-state index < -0.39 is 0 Å². The zero-order valence-corrected chi connectivity index (χ0v) is 10.9. The van der Waals surface area contributed by atoms with Crippen LogP contribution < -0.4 is 5.32 Å². The van der Waals surface area contributed by atoms with Crippen molar-refractivity contribution < 1.29 is 14.6 Å². The fourth-order valence-corrected chi connectivity index (χ4v) is 2.24. The molecular formula is C13H25NO3. The second-order valence-corrected chi connectivity index (χ2v) is 5.08. The number of hydrogen-bond acceptors (Lipinski definition) is 3. The van der Waals surface area contributed by atoms with Gasteiger partial charge in [-0.3, -0.25) is 4.79 Å². The van der Waals surface area contributed by atoms with Gasteiger partial charge in [-0.05, 0) is 46.0 Å². The first-order chi connectivity index (χ1) is 8.08. The van der Waals surface area contributed by atoms with Crippen molar-refractivity contribution in [3.63, 3.8) is 0 Å². The van der Waals surface area contributed by atoms with Crippen LogP contribution in [-0.4, -0.2) is 35.9 Å². The highest BCUT2D eigenvalue weighted by Gasteiger charge is 2.16. The van der Waals surface area contributed by atoms with Crippen molar-refractivity contribution in [2.45, 2.75) is 70.6 Å². The molecule has 1 fully saturated rings. The third-order valence-corrected chi connectivity index (χ3v) is 3.07. The lowest BCUT2D eigenvalue weighted by atomic mass is 10.0. The van der Waals surface area contributed by atoms with E-state index in [0.717, 1.165) is 25.9 Å². The monoisotopic (exact) mass is 243 g/mol. The third-order valence-electron chi connectivity index (χ3n) is 3.07. The van der Waals surface area contributed by atoms with Crippen molar-refractivity contribution in [1.29, 1.82) is 0 Å². The molecule has 3 atom stereocenters. The van der Waals surface area contributed by atoms with Crippen molar-refractivity contribution in [2.24, 2.45) is 0 Å². The Bertz CT molecular complexity index is 225. The molecule has 0 radical (unpaired) electrons. The summed E-state index contributed by atoms with van der Waals surface area (Å²) < 4.78 is 5.58. The number of ether oxygens (including phenoxy) is 1. The molecule has 3 unspecified atom stereocenters. The summed E-state index contributed by atoms with van der Waals surface area (Å²) in [6.07, 6.45) is 5.27. The Kier molecular flexibility index (Phi) is 6.52. The van der Waals surface area contributed by atoms with E-state index in [1.54, 1.807) is 6.92 Å². The lowest BCUT2D eigenvalue weighted by Gasteiger charge is -2.22. The fourth-order valence-electron chi connectivity index (χ4n) is 2.24. The summed E-state index contributed by atoms with van der Waals surface area (Å²) >= 11 is 0. The van der Waals surface area contributed by atoms with E-state index in [4.69, 9.17) is 4.74 Å². The first-order valence-electron chi connectivity index (χ1n) is 6.67. The van der Waals surface area contributed by atoms with Crippen molar-refractivity contribution >= 4 is 5.91 Å². The van der Waals surface area contributed by atoms with Gasteiger partial charge in [0.2, 0.25) is 5.91 Å². The number of carbonyl (C=O) groups is 1. The second-order valence-electron chi connectivity index (χ2n) is 5.08. The van der Waals surface area contributed by atoms with Gasteiger partial charge in [-0.25, -0.2) is 0 Å². The summed E-state index contributed by atoms with van der Waals surface area (Å²) in [6.45, 7) is 4.49. The summed E-state index contributed by atoms with van der Waals surface area (Å²) in [4.78, 5) is 11.6. The van der Waals surface area contributed by atoms with Gasteiger partial charge in [-0.15, -0.1) is 0 Å². The molecule has 1 saturated heterocycles. The maximum Gasteiger partial charge on any atom is 0.220 e. The molecule has 1 aliphatic heterocycles. The number of hydrogen-bond donors (Lipinski definition) is 2. The molecule has 0 aromatic rings. The van der Waals surface area contributed by atoms with Crippen molar-refractivity contribution in [1.82, 2.24) is 5.32 Å². The van der Waals surface area contributed by atoms with Crippen LogP contribution in [0.25, 0.3) is 0 Å². The van der Waals surface area contributed by atoms with Crippen LogP contribution >= 0.6 is 0 Å². The van der Waals surface area contributed by atoms with Crippen molar-refractivity contribution in [3.8, 4) is 0 Å². The van der Waals surface area contributed by atoms with E-state index in [2.05, 4.69) is 5.32 Å². The average molecular weight is 243 g/mol. The maximum absolute atomic E-state index is 11.6. The molecule has 0 spiro atoms. The average Bonchev–Trinajstić information content (AvgIpc) is 2.26. The normalized spacial score (nSPS) is 24.1. The van der Waals surface area contributed by atoms with Crippen LogP contribution in [0.15, 0.2) is 0 Å². The van der Waals surface area contributed by atoms with Gasteiger partial charge in [-0.1, -0.05) is 0 Å². The minimum atomic E-state index is -0.369. The van der Waals surface area contributed by atoms with E-state index in [1.807, 2.05) is 6.92 Å². The first kappa shape index (κ1) is 14.5. The predicted molar refractivity (Wildman–Crippen MR) is 66.7 cm³/mol. The second kappa shape index (κ2) is 7.67. The third kappa shape index (κ3) is 6.64. The lowest BCUT2D eigenvalue weighted by molar-refractivity contribution is -0.122. The van der Waals surface area contributed by atoms with Gasteiger partial charge in [0.05, 0.1) is 12.2 Å². The first-order valence-corrected chi connectivity index (χ1v) is 6.67. The summed E-state index contributed by atoms with van der Waals surface area (Å²) in [7, 11) is 0. The van der Waals surface area contributed by atoms with Crippen LogP contribution in [0.1, 0.15) is 52.4 Å². The van der Waals surface area contributed by atoms with Crippen LogP contribution in [0.5, 0.6) is 0 Å². The largest absolute Gasteiger partial charge is 0.393 e. The molecular weight excluding hydrogens is 218 g/mol. The molecule has 1 aliphatic rings. The standard InChI is InChI=1S/C13H25NO3/c1-10(9-11(2)15)14-13(16)7-6-12-5-3-4-8-17-12/h10-12,15H,3-9H2,1-2H3,(H,14,16). The highest BCUT2D eigenvalue weighted by molar-refractivity contribution is 5.76. The quantitative estimate of drug-likeness (QED) is 0.745. The predicted octanol–water partition coefficient (Wildman–Crippen LogP) is 1.61. The molecule has 0 aromatic carbocycles. The zero-order valence-electron chi connectivity index (χ0n) is 10.9. The number of amides is 1. The minimum Gasteiger partial charge on any atom is -0.393 e. The van der Waals surface area contributed by atoms with Gasteiger partial charge in [0.25, 0.3) is 0 Å². The summed E-state index contributed by atoms with van der Waals surface area (Å²) in [5.74, 6) is 0.0623. The van der Waals surface area contributed by atoms with Gasteiger partial charge in [-0.2, -0.15) is 0 Å². The molecule has 1 heterocycles. The van der Waals surface area contributed by atoms with Crippen LogP contribution in [0.2, 0.25) is 0 Å². The molecule has 1 rings (SSSR count). The molecule has 1 amide bonds. The molecule has 4 heteroatoms. The number of nitrogens with one attached hydrogen (secondary N) is 1. The minimum absolute atomic E-state index is 0.0368.